The Morgan fingerprint density at radius 2 is 2.03 bits per heavy atom. The van der Waals surface area contributed by atoms with Crippen molar-refractivity contribution in [1.29, 1.82) is 0 Å². The van der Waals surface area contributed by atoms with Crippen LogP contribution < -0.4 is 10.6 Å². The van der Waals surface area contributed by atoms with Crippen molar-refractivity contribution >= 4 is 17.6 Å². The van der Waals surface area contributed by atoms with E-state index in [1.165, 1.54) is 18.1 Å². The maximum atomic E-state index is 12.5. The van der Waals surface area contributed by atoms with Gasteiger partial charge in [-0.25, -0.2) is 4.98 Å². The third kappa shape index (κ3) is 6.77. The number of aromatic nitrogens is 1. The molecule has 0 radical (unpaired) electrons. The lowest BCUT2D eigenvalue weighted by molar-refractivity contribution is -0.127. The van der Waals surface area contributed by atoms with Crippen molar-refractivity contribution < 1.29 is 14.7 Å². The van der Waals surface area contributed by atoms with Crippen LogP contribution in [-0.2, 0) is 17.8 Å². The Labute approximate surface area is 183 Å². The summed E-state index contributed by atoms with van der Waals surface area (Å²) in [6, 6.07) is 11.7. The number of fused-ring (bicyclic) bond motifs is 1. The van der Waals surface area contributed by atoms with Gasteiger partial charge in [-0.2, -0.15) is 0 Å². The van der Waals surface area contributed by atoms with Crippen LogP contribution >= 0.6 is 0 Å². The molecule has 1 aliphatic heterocycles. The van der Waals surface area contributed by atoms with E-state index in [1.54, 1.807) is 30.3 Å². The largest absolute Gasteiger partial charge is 0.390 e. The molecule has 0 bridgehead atoms. The highest BCUT2D eigenvalue weighted by atomic mass is 16.3. The lowest BCUT2D eigenvalue weighted by atomic mass is 10.00. The second kappa shape index (κ2) is 10.9. The van der Waals surface area contributed by atoms with Crippen molar-refractivity contribution in [2.75, 3.05) is 45.1 Å². The summed E-state index contributed by atoms with van der Waals surface area (Å²) in [5.74, 6) is 0.307. The molecule has 1 aliphatic rings. The highest BCUT2D eigenvalue weighted by molar-refractivity contribution is 5.94. The van der Waals surface area contributed by atoms with Crippen molar-refractivity contribution in [3.8, 4) is 0 Å². The maximum Gasteiger partial charge on any atom is 0.251 e. The van der Waals surface area contributed by atoms with E-state index in [9.17, 15) is 14.7 Å². The summed E-state index contributed by atoms with van der Waals surface area (Å²) in [5, 5.41) is 16.3. The van der Waals surface area contributed by atoms with E-state index in [-0.39, 0.29) is 18.4 Å². The third-order valence-electron chi connectivity index (χ3n) is 5.49. The number of rotatable bonds is 9. The molecular weight excluding hydrogens is 394 g/mol. The molecule has 8 nitrogen and oxygen atoms in total. The van der Waals surface area contributed by atoms with Crippen molar-refractivity contribution in [1.82, 2.24) is 20.1 Å². The van der Waals surface area contributed by atoms with E-state index in [4.69, 9.17) is 0 Å². The van der Waals surface area contributed by atoms with Gasteiger partial charge in [0.15, 0.2) is 0 Å². The Morgan fingerprint density at radius 3 is 2.81 bits per heavy atom. The smallest absolute Gasteiger partial charge is 0.251 e. The van der Waals surface area contributed by atoms with Crippen LogP contribution in [0.5, 0.6) is 0 Å². The van der Waals surface area contributed by atoms with Crippen molar-refractivity contribution in [3.63, 3.8) is 0 Å². The van der Waals surface area contributed by atoms with Crippen LogP contribution in [0.25, 0.3) is 0 Å². The number of hydrogen-bond donors (Lipinski definition) is 3. The van der Waals surface area contributed by atoms with Gasteiger partial charge in [0.2, 0.25) is 5.91 Å². The summed E-state index contributed by atoms with van der Waals surface area (Å²) >= 11 is 0. The highest BCUT2D eigenvalue weighted by Crippen LogP contribution is 2.18. The van der Waals surface area contributed by atoms with Gasteiger partial charge < -0.3 is 20.6 Å². The number of aliphatic hydroxyl groups is 1. The number of benzene rings is 1. The van der Waals surface area contributed by atoms with Gasteiger partial charge in [-0.15, -0.1) is 0 Å². The SMILES string of the molecule is CC(=O)N(C)CCNc1cc(C(=O)NC[C@H](O)CN2CCc3ccccc3C2)ccn1. The van der Waals surface area contributed by atoms with Crippen molar-refractivity contribution in [2.45, 2.75) is 26.0 Å². The van der Waals surface area contributed by atoms with Crippen LogP contribution in [0.4, 0.5) is 5.82 Å². The minimum Gasteiger partial charge on any atom is -0.390 e. The number of aliphatic hydroxyl groups excluding tert-OH is 1. The van der Waals surface area contributed by atoms with Crippen LogP contribution in [0.1, 0.15) is 28.4 Å². The van der Waals surface area contributed by atoms with E-state index in [0.29, 0.717) is 31.0 Å². The summed E-state index contributed by atoms with van der Waals surface area (Å²) < 4.78 is 0. The number of pyridine rings is 1. The van der Waals surface area contributed by atoms with E-state index in [1.807, 2.05) is 6.07 Å². The highest BCUT2D eigenvalue weighted by Gasteiger charge is 2.19. The van der Waals surface area contributed by atoms with Gasteiger partial charge in [-0.05, 0) is 29.7 Å². The monoisotopic (exact) mass is 425 g/mol. The maximum absolute atomic E-state index is 12.5. The fourth-order valence-electron chi connectivity index (χ4n) is 3.56. The lowest BCUT2D eigenvalue weighted by Crippen LogP contribution is -2.42. The number of nitrogens with one attached hydrogen (secondary N) is 2. The number of anilines is 1. The minimum atomic E-state index is -0.643. The van der Waals surface area contributed by atoms with Crippen LogP contribution in [0, 0.1) is 0 Å². The van der Waals surface area contributed by atoms with Crippen LogP contribution in [0.2, 0.25) is 0 Å². The summed E-state index contributed by atoms with van der Waals surface area (Å²) in [5.41, 5.74) is 3.14. The van der Waals surface area contributed by atoms with Gasteiger partial charge in [-0.1, -0.05) is 24.3 Å². The third-order valence-corrected chi connectivity index (χ3v) is 5.49. The molecule has 166 valence electrons. The van der Waals surface area contributed by atoms with Crippen molar-refractivity contribution in [3.05, 3.63) is 59.3 Å². The Bertz CT molecular complexity index is 904. The predicted molar refractivity (Wildman–Crippen MR) is 120 cm³/mol. The molecule has 2 aromatic rings. The molecule has 3 N–H and O–H groups in total. The molecule has 2 heterocycles. The van der Waals surface area contributed by atoms with Gasteiger partial charge in [0.05, 0.1) is 6.10 Å². The van der Waals surface area contributed by atoms with Gasteiger partial charge in [0, 0.05) is 65.0 Å². The normalized spacial score (nSPS) is 14.4. The van der Waals surface area contributed by atoms with E-state index >= 15 is 0 Å². The number of likely N-dealkylation sites (N-methyl/N-ethyl adjacent to an activating group) is 1. The van der Waals surface area contributed by atoms with Gasteiger partial charge in [0.1, 0.15) is 5.82 Å². The number of hydrogen-bond acceptors (Lipinski definition) is 6. The fourth-order valence-corrected chi connectivity index (χ4v) is 3.56. The second-order valence-electron chi connectivity index (χ2n) is 7.91. The Balaban J connectivity index is 1.43. The zero-order chi connectivity index (χ0) is 22.2. The van der Waals surface area contributed by atoms with Crippen LogP contribution in [0.15, 0.2) is 42.6 Å². The summed E-state index contributed by atoms with van der Waals surface area (Å²) in [7, 11) is 1.73. The van der Waals surface area contributed by atoms with Crippen LogP contribution in [0.3, 0.4) is 0 Å². The Kier molecular flexibility index (Phi) is 7.97. The first-order chi connectivity index (χ1) is 14.9. The molecule has 2 amide bonds. The zero-order valence-electron chi connectivity index (χ0n) is 18.2. The van der Waals surface area contributed by atoms with E-state index in [0.717, 1.165) is 19.5 Å². The molecule has 0 aliphatic carbocycles. The van der Waals surface area contributed by atoms with E-state index in [2.05, 4.69) is 38.7 Å². The van der Waals surface area contributed by atoms with Gasteiger partial charge in [0.25, 0.3) is 5.91 Å². The first-order valence-corrected chi connectivity index (χ1v) is 10.6. The number of nitrogens with zero attached hydrogens (tertiary/aromatic N) is 3. The predicted octanol–water partition coefficient (Wildman–Crippen LogP) is 1.12. The topological polar surface area (TPSA) is 97.8 Å². The molecule has 8 heteroatoms. The average Bonchev–Trinajstić information content (AvgIpc) is 2.77. The van der Waals surface area contributed by atoms with E-state index < -0.39 is 6.10 Å². The molecule has 0 fully saturated rings. The molecule has 0 saturated carbocycles. The summed E-state index contributed by atoms with van der Waals surface area (Å²) in [4.78, 5) is 31.7. The average molecular weight is 426 g/mol. The zero-order valence-corrected chi connectivity index (χ0v) is 18.2. The lowest BCUT2D eigenvalue weighted by Gasteiger charge is -2.30. The minimum absolute atomic E-state index is 0.00444. The van der Waals surface area contributed by atoms with Crippen LogP contribution in [-0.4, -0.2) is 77.6 Å². The molecule has 31 heavy (non-hydrogen) atoms. The summed E-state index contributed by atoms with van der Waals surface area (Å²) in [6.45, 7) is 5.01. The molecule has 1 aromatic heterocycles. The number of carbonyl (C=O) groups excluding carboxylic acids is 2. The Hall–Kier alpha value is -2.97. The van der Waals surface area contributed by atoms with Gasteiger partial charge in [-0.3, -0.25) is 14.5 Å². The first-order valence-electron chi connectivity index (χ1n) is 10.6. The number of amides is 2. The van der Waals surface area contributed by atoms with Gasteiger partial charge >= 0.3 is 0 Å². The summed E-state index contributed by atoms with van der Waals surface area (Å²) in [6.07, 6.45) is 1.90. The number of β-amino-alcohol motifs (C(OH)–C–C–N with tert-alkyl or cyclic N) is 1. The molecule has 3 rings (SSSR count). The fraction of sp³-hybridized carbons (Fsp3) is 0.435. The standard InChI is InChI=1S/C23H31N5O3/c1-17(29)27(2)12-10-25-22-13-19(7-9-24-22)23(31)26-14-21(30)16-28-11-8-18-5-3-4-6-20(18)15-28/h3-7,9,13,21,30H,8,10-12,14-16H2,1-2H3,(H,24,25)(H,26,31)/t21-/m0/s1. The molecule has 1 atom stereocenters. The molecule has 0 unspecified atom stereocenters. The second-order valence-corrected chi connectivity index (χ2v) is 7.91. The quantitative estimate of drug-likeness (QED) is 0.557. The first kappa shape index (κ1) is 22.7. The molecule has 0 spiro atoms. The molecule has 0 saturated heterocycles. The Morgan fingerprint density at radius 1 is 1.26 bits per heavy atom. The number of carbonyl (C=O) groups is 2. The van der Waals surface area contributed by atoms with Crippen molar-refractivity contribution in [2.24, 2.45) is 0 Å². The molecule has 1 aromatic carbocycles. The molecular formula is C23H31N5O3.